The van der Waals surface area contributed by atoms with Gasteiger partial charge in [-0.1, -0.05) is 22.0 Å². The summed E-state index contributed by atoms with van der Waals surface area (Å²) in [6, 6.07) is 6.74. The van der Waals surface area contributed by atoms with E-state index in [0.717, 1.165) is 12.8 Å². The molecule has 0 N–H and O–H groups in total. The maximum Gasteiger partial charge on any atom is 0.256 e. The molecule has 2 aromatic rings. The Hall–Kier alpha value is -2.39. The second-order valence-electron chi connectivity index (χ2n) is 6.48. The van der Waals surface area contributed by atoms with Crippen molar-refractivity contribution >= 4 is 27.5 Å². The molecule has 4 rings (SSSR count). The minimum Gasteiger partial charge on any atom is -0.491 e. The third-order valence-electron chi connectivity index (χ3n) is 4.86. The summed E-state index contributed by atoms with van der Waals surface area (Å²) in [5, 5.41) is 0. The van der Waals surface area contributed by atoms with Gasteiger partial charge in [0.2, 0.25) is 5.69 Å². The summed E-state index contributed by atoms with van der Waals surface area (Å²) in [4.78, 5) is 21.5. The normalized spacial score (nSPS) is 25.1. The van der Waals surface area contributed by atoms with E-state index in [-0.39, 0.29) is 18.1 Å². The van der Waals surface area contributed by atoms with Crippen LogP contribution in [-0.2, 0) is 6.50 Å². The van der Waals surface area contributed by atoms with Gasteiger partial charge in [0.25, 0.3) is 5.91 Å². The van der Waals surface area contributed by atoms with E-state index in [4.69, 9.17) is 14.1 Å². The van der Waals surface area contributed by atoms with Gasteiger partial charge in [0.1, 0.15) is 5.75 Å². The predicted molar refractivity (Wildman–Crippen MR) is 101 cm³/mol. The lowest BCUT2D eigenvalue weighted by Gasteiger charge is -2.34. The highest BCUT2D eigenvalue weighted by molar-refractivity contribution is 9.10. The van der Waals surface area contributed by atoms with Crippen molar-refractivity contribution in [3.05, 3.63) is 63.7 Å². The second kappa shape index (κ2) is 7.08. The fourth-order valence-electron chi connectivity index (χ4n) is 3.50. The fourth-order valence-corrected chi connectivity index (χ4v) is 3.94. The summed E-state index contributed by atoms with van der Waals surface area (Å²) in [6.45, 7) is 5.28. The van der Waals surface area contributed by atoms with E-state index in [1.165, 1.54) is 17.3 Å². The molecule has 1 amide bonds. The fraction of sp³-hybridized carbons (Fsp3) is 0.350. The number of hydrogen-bond acceptors (Lipinski definition) is 3. The molecule has 2 heterocycles. The molecule has 26 heavy (non-hydrogen) atoms. The second-order valence-corrected chi connectivity index (χ2v) is 7.34. The predicted octanol–water partition coefficient (Wildman–Crippen LogP) is 4.74. The molecular weight excluding hydrogens is 394 g/mol. The minimum atomic E-state index is -1.81. The number of fused-ring (bicyclic) bond motifs is 1. The van der Waals surface area contributed by atoms with Crippen LogP contribution in [0.4, 0.5) is 5.69 Å². The van der Waals surface area contributed by atoms with Crippen LogP contribution in [0.5, 0.6) is 5.75 Å². The largest absolute Gasteiger partial charge is 0.491 e. The quantitative estimate of drug-likeness (QED) is 0.682. The summed E-state index contributed by atoms with van der Waals surface area (Å²) < 4.78 is 23.7. The van der Waals surface area contributed by atoms with Crippen molar-refractivity contribution in [1.82, 2.24) is 9.88 Å². The highest BCUT2D eigenvalue weighted by atomic mass is 79.9. The van der Waals surface area contributed by atoms with Crippen LogP contribution in [0, 0.1) is 6.57 Å². The number of pyridine rings is 1. The molecule has 1 saturated carbocycles. The number of hydrogen-bond donors (Lipinski definition) is 0. The van der Waals surface area contributed by atoms with Crippen LogP contribution in [0.15, 0.2) is 41.1 Å². The zero-order valence-corrected chi connectivity index (χ0v) is 15.6. The average molecular weight is 414 g/mol. The lowest BCUT2D eigenvalue weighted by atomic mass is 9.92. The molecule has 0 spiro atoms. The monoisotopic (exact) mass is 413 g/mol. The number of nitrogens with zero attached hydrogens (tertiary/aromatic N) is 3. The summed E-state index contributed by atoms with van der Waals surface area (Å²) in [7, 11) is 0. The van der Waals surface area contributed by atoms with Crippen LogP contribution < -0.4 is 4.74 Å². The third-order valence-corrected chi connectivity index (χ3v) is 5.50. The SMILES string of the molecule is [2H]C1([2H])c2ccncc2C(=O)N1C1CCC(Oc2ccc([N+]#[C-])c(Br)c2)CC1. The molecule has 0 unspecified atom stereocenters. The molecule has 0 atom stereocenters. The standard InChI is InChI=1S/C20H18BrN3O2/c1-22-19-7-6-16(10-18(19)21)26-15-4-2-14(3-5-15)24-12-13-8-9-23-11-17(13)20(24)25/h6-11,14-15H,2-5,12H2/i12D2. The van der Waals surface area contributed by atoms with Crippen LogP contribution in [0.3, 0.4) is 0 Å². The van der Waals surface area contributed by atoms with Gasteiger partial charge in [0.05, 0.1) is 21.0 Å². The molecule has 0 bridgehead atoms. The van der Waals surface area contributed by atoms with Crippen molar-refractivity contribution in [1.29, 1.82) is 0 Å². The van der Waals surface area contributed by atoms with Gasteiger partial charge in [-0.25, -0.2) is 4.85 Å². The van der Waals surface area contributed by atoms with E-state index in [9.17, 15) is 4.79 Å². The Morgan fingerprint density at radius 1 is 1.31 bits per heavy atom. The molecule has 2 aliphatic rings. The van der Waals surface area contributed by atoms with Crippen molar-refractivity contribution in [3.63, 3.8) is 0 Å². The van der Waals surface area contributed by atoms with Crippen LogP contribution in [0.1, 0.15) is 44.3 Å². The van der Waals surface area contributed by atoms with Gasteiger partial charge in [0, 0.05) is 29.4 Å². The Morgan fingerprint density at radius 3 is 2.81 bits per heavy atom. The number of halogens is 1. The average Bonchev–Trinajstić information content (AvgIpc) is 2.89. The first-order valence-corrected chi connectivity index (χ1v) is 9.33. The number of aromatic nitrogens is 1. The molecule has 1 aromatic heterocycles. The minimum absolute atomic E-state index is 0.00885. The van der Waals surface area contributed by atoms with Crippen molar-refractivity contribution in [2.24, 2.45) is 0 Å². The summed E-state index contributed by atoms with van der Waals surface area (Å²) in [5.74, 6) is 0.421. The van der Waals surface area contributed by atoms with Crippen LogP contribution in [0.25, 0.3) is 4.85 Å². The first kappa shape index (κ1) is 14.7. The van der Waals surface area contributed by atoms with Gasteiger partial charge in [0.15, 0.2) is 0 Å². The lowest BCUT2D eigenvalue weighted by molar-refractivity contribution is 0.0561. The molecule has 1 aliphatic heterocycles. The van der Waals surface area contributed by atoms with Gasteiger partial charge < -0.3 is 9.64 Å². The Balaban J connectivity index is 1.43. The molecular formula is C20H18BrN3O2. The van der Waals surface area contributed by atoms with Crippen LogP contribution >= 0.6 is 15.9 Å². The molecule has 0 radical (unpaired) electrons. The molecule has 1 aliphatic carbocycles. The van der Waals surface area contributed by atoms with E-state index in [2.05, 4.69) is 25.8 Å². The third kappa shape index (κ3) is 3.19. The van der Waals surface area contributed by atoms with E-state index in [1.807, 2.05) is 0 Å². The lowest BCUT2D eigenvalue weighted by Crippen LogP contribution is -2.40. The molecule has 0 saturated heterocycles. The Kier molecular flexibility index (Phi) is 4.02. The highest BCUT2D eigenvalue weighted by Gasteiger charge is 2.35. The molecule has 5 nitrogen and oxygen atoms in total. The van der Waals surface area contributed by atoms with E-state index < -0.39 is 6.50 Å². The molecule has 6 heteroatoms. The van der Waals surface area contributed by atoms with Gasteiger partial charge in [-0.2, -0.15) is 0 Å². The van der Waals surface area contributed by atoms with Gasteiger partial charge in [-0.15, -0.1) is 0 Å². The van der Waals surface area contributed by atoms with E-state index in [1.54, 1.807) is 24.3 Å². The highest BCUT2D eigenvalue weighted by Crippen LogP contribution is 2.34. The van der Waals surface area contributed by atoms with Crippen molar-refractivity contribution in [2.45, 2.75) is 44.3 Å². The smallest absolute Gasteiger partial charge is 0.256 e. The summed E-state index contributed by atoms with van der Waals surface area (Å²) in [5.41, 5.74) is 1.30. The topological polar surface area (TPSA) is 46.8 Å². The van der Waals surface area contributed by atoms with Crippen LogP contribution in [-0.4, -0.2) is 27.9 Å². The Bertz CT molecular complexity index is 968. The van der Waals surface area contributed by atoms with Gasteiger partial charge in [-0.05, 0) is 49.4 Å². The number of carbonyl (C=O) groups is 1. The van der Waals surface area contributed by atoms with Crippen LogP contribution in [0.2, 0.25) is 0 Å². The Labute approximate surface area is 163 Å². The van der Waals surface area contributed by atoms with E-state index >= 15 is 0 Å². The molecule has 1 fully saturated rings. The number of benzene rings is 1. The van der Waals surface area contributed by atoms with Crippen molar-refractivity contribution < 1.29 is 12.3 Å². The van der Waals surface area contributed by atoms with E-state index in [0.29, 0.717) is 39.9 Å². The maximum absolute atomic E-state index is 12.8. The number of rotatable bonds is 3. The van der Waals surface area contributed by atoms with Crippen molar-refractivity contribution in [3.8, 4) is 5.75 Å². The number of ether oxygens (including phenoxy) is 1. The summed E-state index contributed by atoms with van der Waals surface area (Å²) in [6.07, 6.45) is 5.82. The zero-order valence-electron chi connectivity index (χ0n) is 16.0. The summed E-state index contributed by atoms with van der Waals surface area (Å²) >= 11 is 3.37. The maximum atomic E-state index is 12.8. The Morgan fingerprint density at radius 2 is 2.12 bits per heavy atom. The van der Waals surface area contributed by atoms with Gasteiger partial charge in [-0.3, -0.25) is 9.78 Å². The van der Waals surface area contributed by atoms with Crippen molar-refractivity contribution in [2.75, 3.05) is 0 Å². The number of carbonyl (C=O) groups excluding carboxylic acids is 1. The molecule has 1 aromatic carbocycles. The first-order chi connectivity index (χ1) is 13.4. The first-order valence-electron chi connectivity index (χ1n) is 9.53. The molecule has 132 valence electrons. The zero-order chi connectivity index (χ0) is 19.9. The van der Waals surface area contributed by atoms with Gasteiger partial charge >= 0.3 is 0 Å². The number of amides is 1.